The van der Waals surface area contributed by atoms with E-state index >= 15 is 0 Å². The Morgan fingerprint density at radius 1 is 1.44 bits per heavy atom. The number of rotatable bonds is 7. The highest BCUT2D eigenvalue weighted by Gasteiger charge is 2.26. The first-order chi connectivity index (χ1) is 7.29. The quantitative estimate of drug-likeness (QED) is 0.323. The van der Waals surface area contributed by atoms with Crippen molar-refractivity contribution in [2.24, 2.45) is 0 Å². The van der Waals surface area contributed by atoms with Gasteiger partial charge in [-0.15, -0.1) is 0 Å². The molecule has 1 N–H and O–H groups in total. The van der Waals surface area contributed by atoms with Crippen LogP contribution in [-0.4, -0.2) is 24.4 Å². The lowest BCUT2D eigenvalue weighted by Crippen LogP contribution is -2.27. The molecule has 0 amide bonds. The van der Waals surface area contributed by atoms with Crippen LogP contribution in [0.15, 0.2) is 12.2 Å². The molecule has 0 aliphatic rings. The van der Waals surface area contributed by atoms with Crippen LogP contribution in [-0.2, 0) is 19.6 Å². The SMILES string of the molecule is C=C(C)C(=O)OC(CCCCC)S(=O)(=O)O. The van der Waals surface area contributed by atoms with E-state index in [-0.39, 0.29) is 12.0 Å². The molecule has 0 heterocycles. The van der Waals surface area contributed by atoms with E-state index in [9.17, 15) is 13.2 Å². The molecule has 0 rings (SSSR count). The van der Waals surface area contributed by atoms with Crippen molar-refractivity contribution in [3.63, 3.8) is 0 Å². The standard InChI is InChI=1S/C10H18O5S/c1-4-5-6-7-9(16(12,13)14)15-10(11)8(2)3/h9H,2,4-7H2,1,3H3,(H,12,13,14). The largest absolute Gasteiger partial charge is 0.440 e. The first kappa shape index (κ1) is 15.1. The average molecular weight is 250 g/mol. The Kier molecular flexibility index (Phi) is 6.28. The number of carbonyl (C=O) groups excluding carboxylic acids is 1. The number of ether oxygens (including phenoxy) is 1. The molecule has 0 aromatic heterocycles. The first-order valence-electron chi connectivity index (χ1n) is 5.11. The molecule has 6 heteroatoms. The summed E-state index contributed by atoms with van der Waals surface area (Å²) in [6, 6.07) is 0. The Morgan fingerprint density at radius 3 is 2.38 bits per heavy atom. The fraction of sp³-hybridized carbons (Fsp3) is 0.700. The van der Waals surface area contributed by atoms with Gasteiger partial charge in [-0.05, 0) is 13.3 Å². The molecule has 0 spiro atoms. The Morgan fingerprint density at radius 2 is 2.00 bits per heavy atom. The van der Waals surface area contributed by atoms with Crippen LogP contribution < -0.4 is 0 Å². The molecular formula is C10H18O5S. The van der Waals surface area contributed by atoms with Gasteiger partial charge in [0.05, 0.1) is 0 Å². The number of esters is 1. The van der Waals surface area contributed by atoms with Crippen molar-refractivity contribution in [1.82, 2.24) is 0 Å². The van der Waals surface area contributed by atoms with Crippen molar-refractivity contribution in [2.75, 3.05) is 0 Å². The van der Waals surface area contributed by atoms with Gasteiger partial charge in [0.15, 0.2) is 0 Å². The molecule has 0 radical (unpaired) electrons. The van der Waals surface area contributed by atoms with Gasteiger partial charge in [0, 0.05) is 12.0 Å². The molecule has 0 bridgehead atoms. The third-order valence-corrected chi connectivity index (χ3v) is 2.96. The topological polar surface area (TPSA) is 80.7 Å². The summed E-state index contributed by atoms with van der Waals surface area (Å²) in [6.07, 6.45) is 2.40. The second kappa shape index (κ2) is 6.65. The summed E-state index contributed by atoms with van der Waals surface area (Å²) in [5.41, 5.74) is -1.38. The maximum absolute atomic E-state index is 11.1. The fourth-order valence-electron chi connectivity index (χ4n) is 1.05. The highest BCUT2D eigenvalue weighted by atomic mass is 32.2. The molecule has 0 saturated carbocycles. The van der Waals surface area contributed by atoms with Gasteiger partial charge in [-0.3, -0.25) is 4.55 Å². The van der Waals surface area contributed by atoms with Gasteiger partial charge in [0.2, 0.25) is 5.44 Å². The van der Waals surface area contributed by atoms with Gasteiger partial charge in [0.25, 0.3) is 0 Å². The summed E-state index contributed by atoms with van der Waals surface area (Å²) in [5.74, 6) is -0.806. The van der Waals surface area contributed by atoms with Crippen LogP contribution in [0.1, 0.15) is 39.5 Å². The van der Waals surface area contributed by atoms with Crippen molar-refractivity contribution in [1.29, 1.82) is 0 Å². The van der Waals surface area contributed by atoms with E-state index < -0.39 is 21.5 Å². The summed E-state index contributed by atoms with van der Waals surface area (Å²) in [6.45, 7) is 6.71. The van der Waals surface area contributed by atoms with Crippen LogP contribution in [0, 0.1) is 0 Å². The normalized spacial score (nSPS) is 13.2. The zero-order valence-corrected chi connectivity index (χ0v) is 10.4. The smallest absolute Gasteiger partial charge is 0.334 e. The minimum absolute atomic E-state index is 0.101. The second-order valence-corrected chi connectivity index (χ2v) is 5.18. The van der Waals surface area contributed by atoms with Crippen molar-refractivity contribution in [3.05, 3.63) is 12.2 Å². The van der Waals surface area contributed by atoms with Gasteiger partial charge in [-0.1, -0.05) is 26.3 Å². The predicted molar refractivity (Wildman–Crippen MR) is 60.4 cm³/mol. The molecule has 16 heavy (non-hydrogen) atoms. The predicted octanol–water partition coefficient (Wildman–Crippen LogP) is 1.90. The first-order valence-corrected chi connectivity index (χ1v) is 6.62. The van der Waals surface area contributed by atoms with E-state index in [1.165, 1.54) is 6.92 Å². The van der Waals surface area contributed by atoms with Crippen LogP contribution in [0.5, 0.6) is 0 Å². The molecule has 0 aliphatic heterocycles. The van der Waals surface area contributed by atoms with Crippen LogP contribution in [0.4, 0.5) is 0 Å². The van der Waals surface area contributed by atoms with Gasteiger partial charge in [0.1, 0.15) is 0 Å². The lowest BCUT2D eigenvalue weighted by molar-refractivity contribution is -0.141. The lowest BCUT2D eigenvalue weighted by atomic mass is 10.2. The monoisotopic (exact) mass is 250 g/mol. The summed E-state index contributed by atoms with van der Waals surface area (Å²) in [5, 5.41) is 0. The maximum atomic E-state index is 11.1. The third kappa shape index (κ3) is 5.87. The summed E-state index contributed by atoms with van der Waals surface area (Å²) < 4.78 is 35.4. The third-order valence-electron chi connectivity index (χ3n) is 1.96. The molecule has 0 saturated heterocycles. The Labute approximate surface area is 96.2 Å². The van der Waals surface area contributed by atoms with Crippen molar-refractivity contribution < 1.29 is 22.5 Å². The molecule has 0 aromatic carbocycles. The van der Waals surface area contributed by atoms with Gasteiger partial charge < -0.3 is 4.74 Å². The molecule has 1 unspecified atom stereocenters. The van der Waals surface area contributed by atoms with Gasteiger partial charge >= 0.3 is 16.1 Å². The number of carbonyl (C=O) groups is 1. The van der Waals surface area contributed by atoms with Crippen LogP contribution >= 0.6 is 0 Å². The number of unbranched alkanes of at least 4 members (excludes halogenated alkanes) is 2. The van der Waals surface area contributed by atoms with Gasteiger partial charge in [-0.2, -0.15) is 8.42 Å². The van der Waals surface area contributed by atoms with Crippen molar-refractivity contribution in [3.8, 4) is 0 Å². The summed E-state index contributed by atoms with van der Waals surface area (Å²) in [4.78, 5) is 11.1. The molecule has 0 aliphatic carbocycles. The Hall–Kier alpha value is -0.880. The highest BCUT2D eigenvalue weighted by Crippen LogP contribution is 2.13. The maximum Gasteiger partial charge on any atom is 0.334 e. The molecule has 0 aromatic rings. The van der Waals surface area contributed by atoms with Crippen LogP contribution in [0.25, 0.3) is 0 Å². The van der Waals surface area contributed by atoms with Crippen molar-refractivity contribution in [2.45, 2.75) is 45.0 Å². The Bertz CT molecular complexity index is 344. The minimum Gasteiger partial charge on any atom is -0.440 e. The summed E-state index contributed by atoms with van der Waals surface area (Å²) in [7, 11) is -4.36. The summed E-state index contributed by atoms with van der Waals surface area (Å²) >= 11 is 0. The van der Waals surface area contributed by atoms with E-state index in [2.05, 4.69) is 11.3 Å². The van der Waals surface area contributed by atoms with E-state index in [1.54, 1.807) is 0 Å². The van der Waals surface area contributed by atoms with E-state index in [4.69, 9.17) is 4.55 Å². The number of hydrogen-bond acceptors (Lipinski definition) is 4. The lowest BCUT2D eigenvalue weighted by Gasteiger charge is -2.14. The second-order valence-electron chi connectivity index (χ2n) is 3.63. The zero-order chi connectivity index (χ0) is 12.8. The molecular weight excluding hydrogens is 232 g/mol. The van der Waals surface area contributed by atoms with Crippen LogP contribution in [0.3, 0.4) is 0 Å². The van der Waals surface area contributed by atoms with Crippen molar-refractivity contribution >= 4 is 16.1 Å². The fourth-order valence-corrected chi connectivity index (χ4v) is 1.72. The molecule has 94 valence electrons. The number of hydrogen-bond donors (Lipinski definition) is 1. The zero-order valence-electron chi connectivity index (χ0n) is 9.60. The molecule has 1 atom stereocenters. The van der Waals surface area contributed by atoms with E-state index in [0.717, 1.165) is 12.8 Å². The van der Waals surface area contributed by atoms with E-state index in [0.29, 0.717) is 6.42 Å². The van der Waals surface area contributed by atoms with Gasteiger partial charge in [-0.25, -0.2) is 4.79 Å². The Balaban J connectivity index is 4.46. The van der Waals surface area contributed by atoms with Crippen LogP contribution in [0.2, 0.25) is 0 Å². The molecule has 5 nitrogen and oxygen atoms in total. The average Bonchev–Trinajstić information content (AvgIpc) is 2.14. The molecule has 0 fully saturated rings. The highest BCUT2D eigenvalue weighted by molar-refractivity contribution is 7.86. The minimum atomic E-state index is -4.36. The van der Waals surface area contributed by atoms with E-state index in [1.807, 2.05) is 6.92 Å².